The Morgan fingerprint density at radius 3 is 2.83 bits per heavy atom. The predicted molar refractivity (Wildman–Crippen MR) is 91.4 cm³/mol. The highest BCUT2D eigenvalue weighted by Gasteiger charge is 2.54. The number of nitrogens with zero attached hydrogens (tertiary/aromatic N) is 2. The normalized spacial score (nSPS) is 31.9. The van der Waals surface area contributed by atoms with E-state index in [9.17, 15) is 9.59 Å². The quantitative estimate of drug-likeness (QED) is 0.782. The lowest BCUT2D eigenvalue weighted by Crippen LogP contribution is -2.63. The molecule has 0 bridgehead atoms. The topological polar surface area (TPSA) is 49.9 Å². The van der Waals surface area contributed by atoms with Gasteiger partial charge < -0.3 is 14.5 Å². The molecule has 5 nitrogen and oxygen atoms in total. The number of hydrogen-bond donors (Lipinski definition) is 0. The molecular formula is C17H28N2O3S. The van der Waals surface area contributed by atoms with Gasteiger partial charge >= 0.3 is 0 Å². The summed E-state index contributed by atoms with van der Waals surface area (Å²) >= 11 is 1.93. The van der Waals surface area contributed by atoms with Crippen molar-refractivity contribution in [3.8, 4) is 0 Å². The summed E-state index contributed by atoms with van der Waals surface area (Å²) in [5.74, 6) is 2.60. The molecule has 1 saturated carbocycles. The molecule has 2 atom stereocenters. The maximum absolute atomic E-state index is 13.4. The molecule has 0 N–H and O–H groups in total. The highest BCUT2D eigenvalue weighted by Crippen LogP contribution is 2.47. The van der Waals surface area contributed by atoms with Crippen LogP contribution >= 0.6 is 11.8 Å². The molecule has 0 spiro atoms. The van der Waals surface area contributed by atoms with E-state index in [0.717, 1.165) is 56.7 Å². The predicted octanol–water partition coefficient (Wildman–Crippen LogP) is 1.76. The Labute approximate surface area is 143 Å². The zero-order valence-electron chi connectivity index (χ0n) is 14.1. The number of amides is 2. The van der Waals surface area contributed by atoms with Crippen molar-refractivity contribution in [2.75, 3.05) is 44.9 Å². The number of hydrogen-bond acceptors (Lipinski definition) is 4. The monoisotopic (exact) mass is 340 g/mol. The minimum Gasteiger partial charge on any atom is -0.383 e. The zero-order chi connectivity index (χ0) is 16.3. The van der Waals surface area contributed by atoms with Crippen molar-refractivity contribution >= 4 is 23.6 Å². The number of piperidine rings is 1. The van der Waals surface area contributed by atoms with Gasteiger partial charge in [0.05, 0.1) is 12.0 Å². The molecule has 0 aromatic carbocycles. The van der Waals surface area contributed by atoms with E-state index in [1.54, 1.807) is 7.11 Å². The van der Waals surface area contributed by atoms with Crippen molar-refractivity contribution in [1.29, 1.82) is 0 Å². The van der Waals surface area contributed by atoms with Crippen LogP contribution in [0.4, 0.5) is 0 Å². The fraction of sp³-hybridized carbons (Fsp3) is 0.882. The van der Waals surface area contributed by atoms with Crippen LogP contribution in [0.2, 0.25) is 0 Å². The smallest absolute Gasteiger partial charge is 0.230 e. The number of carbonyl (C=O) groups is 2. The second kappa shape index (κ2) is 7.43. The molecule has 2 amide bonds. The first-order chi connectivity index (χ1) is 11.2. The lowest BCUT2D eigenvalue weighted by atomic mass is 9.64. The SMILES string of the molecule is COCCN1C(=O)CC[C@]2(C(=O)N3CCSCC3)CCCC[C@@H]12. The summed E-state index contributed by atoms with van der Waals surface area (Å²) in [6.45, 7) is 2.89. The highest BCUT2D eigenvalue weighted by molar-refractivity contribution is 7.99. The molecule has 130 valence electrons. The number of carbonyl (C=O) groups excluding carboxylic acids is 2. The molecule has 2 aliphatic heterocycles. The lowest BCUT2D eigenvalue weighted by Gasteiger charge is -2.53. The van der Waals surface area contributed by atoms with Gasteiger partial charge in [-0.15, -0.1) is 0 Å². The molecule has 2 heterocycles. The van der Waals surface area contributed by atoms with Crippen molar-refractivity contribution in [3.05, 3.63) is 0 Å². The maximum Gasteiger partial charge on any atom is 0.230 e. The second-order valence-electron chi connectivity index (χ2n) is 6.90. The van der Waals surface area contributed by atoms with Crippen molar-refractivity contribution < 1.29 is 14.3 Å². The van der Waals surface area contributed by atoms with E-state index in [-0.39, 0.29) is 17.4 Å². The van der Waals surface area contributed by atoms with Gasteiger partial charge in [-0.05, 0) is 19.3 Å². The summed E-state index contributed by atoms with van der Waals surface area (Å²) in [5, 5.41) is 0. The largest absolute Gasteiger partial charge is 0.383 e. The Balaban J connectivity index is 1.83. The van der Waals surface area contributed by atoms with Gasteiger partial charge in [-0.1, -0.05) is 12.8 Å². The van der Waals surface area contributed by atoms with Crippen LogP contribution in [0.25, 0.3) is 0 Å². The molecule has 3 rings (SSSR count). The van der Waals surface area contributed by atoms with Crippen LogP contribution in [0.5, 0.6) is 0 Å². The third-order valence-corrected chi connectivity index (χ3v) is 6.67. The summed E-state index contributed by atoms with van der Waals surface area (Å²) in [5.41, 5.74) is -0.331. The molecule has 3 fully saturated rings. The summed E-state index contributed by atoms with van der Waals surface area (Å²) in [7, 11) is 1.67. The molecule has 0 aromatic rings. The Morgan fingerprint density at radius 1 is 1.30 bits per heavy atom. The van der Waals surface area contributed by atoms with Crippen molar-refractivity contribution in [3.63, 3.8) is 0 Å². The number of fused-ring (bicyclic) bond motifs is 1. The van der Waals surface area contributed by atoms with Gasteiger partial charge in [0.15, 0.2) is 0 Å². The molecule has 2 saturated heterocycles. The van der Waals surface area contributed by atoms with E-state index >= 15 is 0 Å². The van der Waals surface area contributed by atoms with Gasteiger partial charge in [0, 0.05) is 50.7 Å². The van der Waals surface area contributed by atoms with E-state index in [4.69, 9.17) is 4.74 Å². The van der Waals surface area contributed by atoms with E-state index in [0.29, 0.717) is 25.5 Å². The number of ether oxygens (including phenoxy) is 1. The molecule has 23 heavy (non-hydrogen) atoms. The fourth-order valence-corrected chi connectivity index (χ4v) is 5.43. The Hall–Kier alpha value is -0.750. The van der Waals surface area contributed by atoms with Gasteiger partial charge in [0.2, 0.25) is 11.8 Å². The molecule has 0 radical (unpaired) electrons. The van der Waals surface area contributed by atoms with Gasteiger partial charge in [0.1, 0.15) is 0 Å². The molecule has 0 aromatic heterocycles. The average Bonchev–Trinajstić information content (AvgIpc) is 2.61. The van der Waals surface area contributed by atoms with Gasteiger partial charge in [0.25, 0.3) is 0 Å². The summed E-state index contributed by atoms with van der Waals surface area (Å²) in [6.07, 6.45) is 5.38. The van der Waals surface area contributed by atoms with Crippen LogP contribution in [0.3, 0.4) is 0 Å². The van der Waals surface area contributed by atoms with Crippen LogP contribution in [0.15, 0.2) is 0 Å². The minimum atomic E-state index is -0.331. The first-order valence-electron chi connectivity index (χ1n) is 8.84. The van der Waals surface area contributed by atoms with Gasteiger partial charge in [-0.25, -0.2) is 0 Å². The number of methoxy groups -OCH3 is 1. The second-order valence-corrected chi connectivity index (χ2v) is 8.13. The summed E-state index contributed by atoms with van der Waals surface area (Å²) in [4.78, 5) is 29.9. The fourth-order valence-electron chi connectivity index (χ4n) is 4.52. The Kier molecular flexibility index (Phi) is 5.52. The standard InChI is InChI=1S/C17H28N2O3S/c1-22-11-8-19-14-4-2-3-6-17(14,7-5-15(19)20)16(21)18-9-12-23-13-10-18/h14H,2-13H2,1H3/t14-,17-/m1/s1. The third kappa shape index (κ3) is 3.25. The average molecular weight is 340 g/mol. The van der Waals surface area contributed by atoms with Crippen molar-refractivity contribution in [2.45, 2.75) is 44.6 Å². The maximum atomic E-state index is 13.4. The van der Waals surface area contributed by atoms with Crippen LogP contribution in [0, 0.1) is 5.41 Å². The Morgan fingerprint density at radius 2 is 2.09 bits per heavy atom. The van der Waals surface area contributed by atoms with E-state index in [1.165, 1.54) is 0 Å². The number of likely N-dealkylation sites (tertiary alicyclic amines) is 1. The lowest BCUT2D eigenvalue weighted by molar-refractivity contribution is -0.162. The molecule has 1 aliphatic carbocycles. The van der Waals surface area contributed by atoms with E-state index in [2.05, 4.69) is 4.90 Å². The van der Waals surface area contributed by atoms with Crippen molar-refractivity contribution in [2.24, 2.45) is 5.41 Å². The van der Waals surface area contributed by atoms with Crippen LogP contribution in [-0.4, -0.2) is 72.5 Å². The van der Waals surface area contributed by atoms with Gasteiger partial charge in [-0.3, -0.25) is 9.59 Å². The molecular weight excluding hydrogens is 312 g/mol. The minimum absolute atomic E-state index is 0.0785. The van der Waals surface area contributed by atoms with E-state index in [1.807, 2.05) is 16.7 Å². The summed E-state index contributed by atoms with van der Waals surface area (Å²) in [6, 6.07) is 0.0785. The van der Waals surface area contributed by atoms with Crippen LogP contribution < -0.4 is 0 Å². The van der Waals surface area contributed by atoms with E-state index < -0.39 is 0 Å². The Bertz CT molecular complexity index is 453. The van der Waals surface area contributed by atoms with Crippen molar-refractivity contribution in [1.82, 2.24) is 9.80 Å². The zero-order valence-corrected chi connectivity index (χ0v) is 14.9. The van der Waals surface area contributed by atoms with Gasteiger partial charge in [-0.2, -0.15) is 11.8 Å². The molecule has 3 aliphatic rings. The molecule has 6 heteroatoms. The summed E-state index contributed by atoms with van der Waals surface area (Å²) < 4.78 is 5.19. The highest BCUT2D eigenvalue weighted by atomic mass is 32.2. The first-order valence-corrected chi connectivity index (χ1v) is 10.00. The van der Waals surface area contributed by atoms with Crippen LogP contribution in [-0.2, 0) is 14.3 Å². The molecule has 0 unspecified atom stereocenters. The first kappa shape index (κ1) is 17.1. The number of thioether (sulfide) groups is 1. The number of rotatable bonds is 4. The van der Waals surface area contributed by atoms with Crippen LogP contribution in [0.1, 0.15) is 38.5 Å². The third-order valence-electron chi connectivity index (χ3n) is 5.73.